The summed E-state index contributed by atoms with van der Waals surface area (Å²) in [6.07, 6.45) is 3.62. The third-order valence-corrected chi connectivity index (χ3v) is 9.34. The third-order valence-electron chi connectivity index (χ3n) is 9.34. The van der Waals surface area contributed by atoms with Gasteiger partial charge in [0, 0.05) is 44.5 Å². The molecule has 3 aromatic heterocycles. The molecule has 0 saturated carbocycles. The lowest BCUT2D eigenvalue weighted by atomic mass is 9.98. The maximum atomic E-state index is 6.56. The molecule has 4 heteroatoms. The van der Waals surface area contributed by atoms with Crippen molar-refractivity contribution in [3.63, 3.8) is 0 Å². The van der Waals surface area contributed by atoms with Gasteiger partial charge < -0.3 is 13.7 Å². The highest BCUT2D eigenvalue weighted by molar-refractivity contribution is 6.23. The van der Waals surface area contributed by atoms with Gasteiger partial charge in [-0.05, 0) is 75.8 Å². The maximum Gasteiger partial charge on any atom is 0.159 e. The molecule has 4 nitrogen and oxygen atoms in total. The van der Waals surface area contributed by atoms with Crippen LogP contribution in [0.1, 0.15) is 0 Å². The van der Waals surface area contributed by atoms with Gasteiger partial charge in [0.15, 0.2) is 11.2 Å². The smallest absolute Gasteiger partial charge is 0.159 e. The number of rotatable bonds is 4. The molecule has 0 N–H and O–H groups in total. The minimum atomic E-state index is 0.799. The van der Waals surface area contributed by atoms with E-state index in [9.17, 15) is 0 Å². The third kappa shape index (κ3) is 3.98. The number of hydrogen-bond acceptors (Lipinski definition) is 4. The predicted molar refractivity (Wildman–Crippen MR) is 194 cm³/mol. The molecule has 0 unspecified atom stereocenters. The first kappa shape index (κ1) is 25.9. The number of benzene rings is 7. The summed E-state index contributed by atoms with van der Waals surface area (Å²) in [4.78, 5) is 6.59. The molecule has 0 atom stereocenters. The quantitative estimate of drug-likeness (QED) is 0.188. The fraction of sp³-hybridized carbons (Fsp3) is 0. The van der Waals surface area contributed by atoms with Crippen molar-refractivity contribution in [1.82, 2.24) is 4.98 Å². The maximum absolute atomic E-state index is 6.56. The van der Waals surface area contributed by atoms with Crippen LogP contribution in [-0.2, 0) is 0 Å². The van der Waals surface area contributed by atoms with Crippen LogP contribution in [0.4, 0.5) is 17.1 Å². The minimum absolute atomic E-state index is 0.799. The molecule has 0 saturated heterocycles. The van der Waals surface area contributed by atoms with E-state index in [4.69, 9.17) is 8.83 Å². The molecule has 47 heavy (non-hydrogen) atoms. The minimum Gasteiger partial charge on any atom is -0.454 e. The zero-order valence-electron chi connectivity index (χ0n) is 25.2. The second-order valence-electron chi connectivity index (χ2n) is 12.0. The fourth-order valence-electron chi connectivity index (χ4n) is 7.13. The number of furan rings is 2. The zero-order valence-corrected chi connectivity index (χ0v) is 25.2. The SMILES string of the molecule is c1ccc(-c2ccc(N(c3ccc4c(ccc5ccc6c7ccncc7oc6c54)c3)c3cccc4c3oc3ccccc34)cc2)cc1. The van der Waals surface area contributed by atoms with Gasteiger partial charge in [-0.25, -0.2) is 0 Å². The molecular weight excluding hydrogens is 576 g/mol. The van der Waals surface area contributed by atoms with E-state index in [-0.39, 0.29) is 0 Å². The van der Waals surface area contributed by atoms with E-state index in [1.165, 1.54) is 11.1 Å². The Hall–Kier alpha value is -6.39. The van der Waals surface area contributed by atoms with Gasteiger partial charge in [0.05, 0.1) is 11.9 Å². The number of pyridine rings is 1. The van der Waals surface area contributed by atoms with Crippen LogP contribution in [0.25, 0.3) is 76.5 Å². The van der Waals surface area contributed by atoms with E-state index in [1.54, 1.807) is 6.20 Å². The largest absolute Gasteiger partial charge is 0.454 e. The lowest BCUT2D eigenvalue weighted by molar-refractivity contribution is 0.669. The number of hydrogen-bond donors (Lipinski definition) is 0. The lowest BCUT2D eigenvalue weighted by Gasteiger charge is -2.26. The van der Waals surface area contributed by atoms with E-state index in [0.717, 1.165) is 82.5 Å². The predicted octanol–water partition coefficient (Wildman–Crippen LogP) is 12.3. The average Bonchev–Trinajstić information content (AvgIpc) is 3.71. The Bertz CT molecular complexity index is 2790. The molecule has 10 rings (SSSR count). The standard InChI is InChI=1S/C43H26N2O2/c1-2-7-27(8-3-1)28-15-18-31(19-16-28)45(38-11-6-10-36-34-9-4-5-12-39(34)46-42(36)38)32-20-22-33-30(25-32)14-13-29-17-21-37-35-23-24-44-26-40(35)47-43(37)41(29)33/h1-26H. The second-order valence-corrected chi connectivity index (χ2v) is 12.0. The summed E-state index contributed by atoms with van der Waals surface area (Å²) in [5, 5.41) is 8.91. The normalized spacial score (nSPS) is 11.8. The van der Waals surface area contributed by atoms with Crippen molar-refractivity contribution in [3.05, 3.63) is 158 Å². The summed E-state index contributed by atoms with van der Waals surface area (Å²) in [5.41, 5.74) is 8.86. The van der Waals surface area contributed by atoms with Crippen molar-refractivity contribution in [2.24, 2.45) is 0 Å². The Morgan fingerprint density at radius 2 is 1.13 bits per heavy atom. The fourth-order valence-corrected chi connectivity index (χ4v) is 7.13. The summed E-state index contributed by atoms with van der Waals surface area (Å²) in [5.74, 6) is 0. The van der Waals surface area contributed by atoms with Gasteiger partial charge in [0.25, 0.3) is 0 Å². The molecular formula is C43H26N2O2. The van der Waals surface area contributed by atoms with Crippen LogP contribution in [0, 0.1) is 0 Å². The summed E-state index contributed by atoms with van der Waals surface area (Å²) >= 11 is 0. The highest BCUT2D eigenvalue weighted by atomic mass is 16.3. The monoisotopic (exact) mass is 602 g/mol. The molecule has 220 valence electrons. The summed E-state index contributed by atoms with van der Waals surface area (Å²) in [6, 6.07) is 51.4. The van der Waals surface area contributed by atoms with Gasteiger partial charge in [-0.2, -0.15) is 0 Å². The van der Waals surface area contributed by atoms with Crippen LogP contribution in [0.3, 0.4) is 0 Å². The van der Waals surface area contributed by atoms with E-state index >= 15 is 0 Å². The molecule has 0 aliphatic heterocycles. The van der Waals surface area contributed by atoms with Gasteiger partial charge in [0.2, 0.25) is 0 Å². The molecule has 0 aliphatic rings. The van der Waals surface area contributed by atoms with Crippen molar-refractivity contribution in [3.8, 4) is 11.1 Å². The van der Waals surface area contributed by atoms with Gasteiger partial charge in [-0.1, -0.05) is 97.1 Å². The Labute approximate surface area is 269 Å². The highest BCUT2D eigenvalue weighted by Crippen LogP contribution is 2.44. The Morgan fingerprint density at radius 3 is 2.04 bits per heavy atom. The topological polar surface area (TPSA) is 42.4 Å². The number of fused-ring (bicyclic) bond motifs is 10. The van der Waals surface area contributed by atoms with Crippen LogP contribution < -0.4 is 4.90 Å². The van der Waals surface area contributed by atoms with Gasteiger partial charge in [-0.3, -0.25) is 4.98 Å². The van der Waals surface area contributed by atoms with Gasteiger partial charge in [0.1, 0.15) is 11.2 Å². The van der Waals surface area contributed by atoms with Crippen LogP contribution in [0.2, 0.25) is 0 Å². The Balaban J connectivity index is 1.20. The van der Waals surface area contributed by atoms with Crippen LogP contribution >= 0.6 is 0 Å². The number of anilines is 3. The molecule has 3 heterocycles. The van der Waals surface area contributed by atoms with E-state index < -0.39 is 0 Å². The average molecular weight is 603 g/mol. The first-order valence-electron chi connectivity index (χ1n) is 15.8. The molecule has 0 radical (unpaired) electrons. The summed E-state index contributed by atoms with van der Waals surface area (Å²) in [6.45, 7) is 0. The first-order valence-corrected chi connectivity index (χ1v) is 15.8. The summed E-state index contributed by atoms with van der Waals surface area (Å²) < 4.78 is 13.0. The van der Waals surface area contributed by atoms with Crippen LogP contribution in [0.15, 0.2) is 167 Å². The van der Waals surface area contributed by atoms with Gasteiger partial charge >= 0.3 is 0 Å². The van der Waals surface area contributed by atoms with Crippen molar-refractivity contribution >= 4 is 82.5 Å². The molecule has 0 aliphatic carbocycles. The van der Waals surface area contributed by atoms with Crippen molar-refractivity contribution < 1.29 is 8.83 Å². The van der Waals surface area contributed by atoms with Gasteiger partial charge in [-0.15, -0.1) is 0 Å². The number of aromatic nitrogens is 1. The highest BCUT2D eigenvalue weighted by Gasteiger charge is 2.20. The Morgan fingerprint density at radius 1 is 0.447 bits per heavy atom. The summed E-state index contributed by atoms with van der Waals surface area (Å²) in [7, 11) is 0. The molecule has 7 aromatic carbocycles. The molecule has 0 spiro atoms. The van der Waals surface area contributed by atoms with E-state index in [1.807, 2.05) is 30.5 Å². The first-order chi connectivity index (χ1) is 23.3. The Kier molecular flexibility index (Phi) is 5.54. The number of para-hydroxylation sites is 2. The molecule has 10 aromatic rings. The lowest BCUT2D eigenvalue weighted by Crippen LogP contribution is -2.10. The van der Waals surface area contributed by atoms with Crippen molar-refractivity contribution in [1.29, 1.82) is 0 Å². The van der Waals surface area contributed by atoms with E-state index in [0.29, 0.717) is 0 Å². The zero-order chi connectivity index (χ0) is 30.9. The van der Waals surface area contributed by atoms with Crippen LogP contribution in [0.5, 0.6) is 0 Å². The number of nitrogens with zero attached hydrogens (tertiary/aromatic N) is 2. The second kappa shape index (κ2) is 10.1. The van der Waals surface area contributed by atoms with Crippen molar-refractivity contribution in [2.75, 3.05) is 4.90 Å². The molecule has 0 amide bonds. The molecule has 0 fully saturated rings. The van der Waals surface area contributed by atoms with Crippen LogP contribution in [-0.4, -0.2) is 4.98 Å². The van der Waals surface area contributed by atoms with Crippen molar-refractivity contribution in [2.45, 2.75) is 0 Å². The van der Waals surface area contributed by atoms with E-state index in [2.05, 4.69) is 131 Å². The molecule has 0 bridgehead atoms.